The van der Waals surface area contributed by atoms with Gasteiger partial charge in [0.1, 0.15) is 17.3 Å². The van der Waals surface area contributed by atoms with Gasteiger partial charge in [-0.05, 0) is 73.1 Å². The molecule has 0 amide bonds. The quantitative estimate of drug-likeness (QED) is 0.436. The van der Waals surface area contributed by atoms with E-state index in [1.165, 1.54) is 17.3 Å². The van der Waals surface area contributed by atoms with E-state index in [-0.39, 0.29) is 17.7 Å². The fourth-order valence-electron chi connectivity index (χ4n) is 4.82. The summed E-state index contributed by atoms with van der Waals surface area (Å²) in [5, 5.41) is 1.08. The van der Waals surface area contributed by atoms with Crippen molar-refractivity contribution in [2.24, 2.45) is 0 Å². The number of fused-ring (bicyclic) bond motifs is 1. The molecule has 1 saturated carbocycles. The minimum atomic E-state index is -0.202. The van der Waals surface area contributed by atoms with Crippen molar-refractivity contribution in [3.05, 3.63) is 59.0 Å². The molecule has 166 valence electrons. The SMILES string of the molecule is CC.COc1cccc2c1c(C1CCCC(=O)C1)c(C(C)C)n2-c1ccc(F)c(C)c1. The molecule has 4 rings (SSSR count). The average molecular weight is 424 g/mol. The number of aromatic nitrogens is 1. The van der Waals surface area contributed by atoms with Crippen LogP contribution in [0.2, 0.25) is 0 Å². The Morgan fingerprint density at radius 3 is 2.52 bits per heavy atom. The highest BCUT2D eigenvalue weighted by molar-refractivity contribution is 5.94. The summed E-state index contributed by atoms with van der Waals surface area (Å²) < 4.78 is 22.0. The smallest absolute Gasteiger partial charge is 0.133 e. The number of carbonyl (C=O) groups is 1. The highest BCUT2D eigenvalue weighted by Crippen LogP contribution is 2.46. The number of benzene rings is 2. The van der Waals surface area contributed by atoms with Gasteiger partial charge in [-0.25, -0.2) is 4.39 Å². The number of nitrogens with zero attached hydrogens (tertiary/aromatic N) is 1. The zero-order valence-electron chi connectivity index (χ0n) is 19.6. The number of methoxy groups -OCH3 is 1. The Hall–Kier alpha value is -2.62. The molecule has 3 nitrogen and oxygen atoms in total. The van der Waals surface area contributed by atoms with Crippen LogP contribution in [0.15, 0.2) is 36.4 Å². The van der Waals surface area contributed by atoms with Gasteiger partial charge in [-0.15, -0.1) is 0 Å². The monoisotopic (exact) mass is 423 g/mol. The first-order valence-corrected chi connectivity index (χ1v) is 11.4. The van der Waals surface area contributed by atoms with Gasteiger partial charge in [0.05, 0.1) is 12.6 Å². The van der Waals surface area contributed by atoms with E-state index in [9.17, 15) is 9.18 Å². The normalized spacial score (nSPS) is 16.4. The van der Waals surface area contributed by atoms with E-state index in [0.29, 0.717) is 24.2 Å². The third-order valence-corrected chi connectivity index (χ3v) is 6.09. The number of hydrogen-bond donors (Lipinski definition) is 0. The lowest BCUT2D eigenvalue weighted by Gasteiger charge is -2.24. The van der Waals surface area contributed by atoms with Crippen molar-refractivity contribution < 1.29 is 13.9 Å². The second kappa shape index (κ2) is 9.67. The summed E-state index contributed by atoms with van der Waals surface area (Å²) in [5.41, 5.74) is 5.03. The molecule has 1 aliphatic carbocycles. The van der Waals surface area contributed by atoms with E-state index in [4.69, 9.17) is 4.74 Å². The first-order chi connectivity index (χ1) is 14.9. The molecular weight excluding hydrogens is 389 g/mol. The van der Waals surface area contributed by atoms with Gasteiger partial charge < -0.3 is 9.30 Å². The summed E-state index contributed by atoms with van der Waals surface area (Å²) >= 11 is 0. The molecule has 3 aromatic rings. The van der Waals surface area contributed by atoms with Crippen molar-refractivity contribution in [2.45, 2.75) is 72.1 Å². The zero-order chi connectivity index (χ0) is 22.7. The van der Waals surface area contributed by atoms with Gasteiger partial charge in [0.15, 0.2) is 0 Å². The molecule has 0 radical (unpaired) electrons. The second-order valence-corrected chi connectivity index (χ2v) is 8.41. The Balaban J connectivity index is 0.00000132. The Labute approximate surface area is 185 Å². The molecule has 31 heavy (non-hydrogen) atoms. The zero-order valence-corrected chi connectivity index (χ0v) is 19.6. The fraction of sp³-hybridized carbons (Fsp3) is 0.444. The first-order valence-electron chi connectivity index (χ1n) is 11.4. The van der Waals surface area contributed by atoms with Gasteiger partial charge >= 0.3 is 0 Å². The Bertz CT molecular complexity index is 1080. The van der Waals surface area contributed by atoms with Crippen molar-refractivity contribution >= 4 is 16.7 Å². The summed E-state index contributed by atoms with van der Waals surface area (Å²) in [6.45, 7) is 10.2. The average Bonchev–Trinajstić information content (AvgIpc) is 3.13. The van der Waals surface area contributed by atoms with Gasteiger partial charge in [-0.2, -0.15) is 0 Å². The maximum Gasteiger partial charge on any atom is 0.133 e. The summed E-state index contributed by atoms with van der Waals surface area (Å²) in [7, 11) is 1.69. The molecule has 1 aliphatic rings. The van der Waals surface area contributed by atoms with Crippen molar-refractivity contribution in [3.63, 3.8) is 0 Å². The lowest BCUT2D eigenvalue weighted by molar-refractivity contribution is -0.120. The van der Waals surface area contributed by atoms with E-state index in [1.807, 2.05) is 38.1 Å². The van der Waals surface area contributed by atoms with Crippen LogP contribution in [-0.2, 0) is 4.79 Å². The molecule has 0 saturated heterocycles. The van der Waals surface area contributed by atoms with Crippen LogP contribution in [0.3, 0.4) is 0 Å². The van der Waals surface area contributed by atoms with Crippen LogP contribution in [-0.4, -0.2) is 17.5 Å². The third kappa shape index (κ3) is 4.26. The highest BCUT2D eigenvalue weighted by Gasteiger charge is 2.31. The predicted molar refractivity (Wildman–Crippen MR) is 126 cm³/mol. The number of Topliss-reactive ketones (excluding diaryl/α,β-unsaturated/α-hetero) is 1. The van der Waals surface area contributed by atoms with Crippen molar-refractivity contribution in [3.8, 4) is 11.4 Å². The second-order valence-electron chi connectivity index (χ2n) is 8.41. The van der Waals surface area contributed by atoms with E-state index < -0.39 is 0 Å². The summed E-state index contributed by atoms with van der Waals surface area (Å²) in [6.07, 6.45) is 3.20. The largest absolute Gasteiger partial charge is 0.496 e. The number of hydrogen-bond acceptors (Lipinski definition) is 2. The fourth-order valence-corrected chi connectivity index (χ4v) is 4.82. The minimum absolute atomic E-state index is 0.190. The molecule has 1 unspecified atom stereocenters. The molecule has 1 heterocycles. The van der Waals surface area contributed by atoms with E-state index in [0.717, 1.165) is 35.2 Å². The maximum atomic E-state index is 14.0. The Kier molecular flexibility index (Phi) is 7.19. The molecule has 1 atom stereocenters. The van der Waals surface area contributed by atoms with Crippen LogP contribution in [0.1, 0.15) is 82.0 Å². The van der Waals surface area contributed by atoms with E-state index in [1.54, 1.807) is 14.0 Å². The number of rotatable bonds is 4. The number of halogens is 1. The van der Waals surface area contributed by atoms with Crippen molar-refractivity contribution in [1.82, 2.24) is 4.57 Å². The standard InChI is InChI=1S/C25H28FNO2.C2H6/c1-15(2)25-23(17-7-5-8-19(28)14-17)24-21(9-6-10-22(24)29-4)27(25)18-11-12-20(26)16(3)13-18;1-2/h6,9-13,15,17H,5,7-8,14H2,1-4H3;1-2H3. The molecule has 1 aromatic heterocycles. The number of aryl methyl sites for hydroxylation is 1. The van der Waals surface area contributed by atoms with Gasteiger partial charge in [-0.1, -0.05) is 33.8 Å². The topological polar surface area (TPSA) is 31.2 Å². The van der Waals surface area contributed by atoms with Gasteiger partial charge in [0.25, 0.3) is 0 Å². The lowest BCUT2D eigenvalue weighted by atomic mass is 9.80. The van der Waals surface area contributed by atoms with E-state index in [2.05, 4.69) is 24.5 Å². The van der Waals surface area contributed by atoms with Crippen molar-refractivity contribution in [2.75, 3.05) is 7.11 Å². The molecule has 0 aliphatic heterocycles. The van der Waals surface area contributed by atoms with Crippen LogP contribution in [0.5, 0.6) is 5.75 Å². The molecule has 1 fully saturated rings. The predicted octanol–water partition coefficient (Wildman–Crippen LogP) is 7.46. The number of carbonyl (C=O) groups excluding carboxylic acids is 1. The summed E-state index contributed by atoms with van der Waals surface area (Å²) in [6, 6.07) is 11.3. The number of ether oxygens (including phenoxy) is 1. The van der Waals surface area contributed by atoms with Gasteiger partial charge in [0, 0.05) is 29.6 Å². The van der Waals surface area contributed by atoms with Crippen LogP contribution >= 0.6 is 0 Å². The third-order valence-electron chi connectivity index (χ3n) is 6.09. The number of ketones is 1. The highest BCUT2D eigenvalue weighted by atomic mass is 19.1. The Morgan fingerprint density at radius 2 is 1.90 bits per heavy atom. The minimum Gasteiger partial charge on any atom is -0.496 e. The summed E-state index contributed by atoms with van der Waals surface area (Å²) in [4.78, 5) is 12.3. The molecule has 4 heteroatoms. The molecule has 0 N–H and O–H groups in total. The first kappa shape index (κ1) is 23.1. The molecule has 0 bridgehead atoms. The van der Waals surface area contributed by atoms with Crippen molar-refractivity contribution in [1.29, 1.82) is 0 Å². The molecule has 2 aromatic carbocycles. The van der Waals surface area contributed by atoms with Gasteiger partial charge in [-0.3, -0.25) is 4.79 Å². The van der Waals surface area contributed by atoms with Crippen LogP contribution in [0.25, 0.3) is 16.6 Å². The Morgan fingerprint density at radius 1 is 1.16 bits per heavy atom. The van der Waals surface area contributed by atoms with Crippen LogP contribution in [0, 0.1) is 12.7 Å². The lowest BCUT2D eigenvalue weighted by Crippen LogP contribution is -2.15. The van der Waals surface area contributed by atoms with E-state index >= 15 is 0 Å². The molecular formula is C27H34FNO2. The van der Waals surface area contributed by atoms with Crippen LogP contribution in [0.4, 0.5) is 4.39 Å². The summed E-state index contributed by atoms with van der Waals surface area (Å²) in [5.74, 6) is 1.39. The van der Waals surface area contributed by atoms with Gasteiger partial charge in [0.2, 0.25) is 0 Å². The molecule has 0 spiro atoms. The van der Waals surface area contributed by atoms with Crippen LogP contribution < -0.4 is 4.74 Å². The maximum absolute atomic E-state index is 14.0.